The highest BCUT2D eigenvalue weighted by Crippen LogP contribution is 2.29. The van der Waals surface area contributed by atoms with Gasteiger partial charge in [-0.25, -0.2) is 9.78 Å². The summed E-state index contributed by atoms with van der Waals surface area (Å²) in [7, 11) is 1.63. The lowest BCUT2D eigenvalue weighted by atomic mass is 10.2. The lowest BCUT2D eigenvalue weighted by Crippen LogP contribution is -2.50. The van der Waals surface area contributed by atoms with Crippen LogP contribution in [0.15, 0.2) is 16.7 Å². The largest absolute Gasteiger partial charge is 0.493 e. The maximum absolute atomic E-state index is 12.1. The zero-order valence-corrected chi connectivity index (χ0v) is 15.0. The van der Waals surface area contributed by atoms with E-state index in [-0.39, 0.29) is 6.09 Å². The van der Waals surface area contributed by atoms with Gasteiger partial charge in [0, 0.05) is 36.8 Å². The number of ether oxygens (including phenoxy) is 2. The fraction of sp³-hybridized carbons (Fsp3) is 0.600. The zero-order chi connectivity index (χ0) is 16.3. The number of nitrogens with zero attached hydrogens (tertiary/aromatic N) is 3. The molecule has 0 N–H and O–H groups in total. The number of halogens is 1. The Balaban J connectivity index is 1.99. The van der Waals surface area contributed by atoms with E-state index < -0.39 is 5.60 Å². The number of pyridine rings is 1. The number of amides is 1. The topological polar surface area (TPSA) is 54.9 Å². The molecular weight excluding hydrogens is 350 g/mol. The standard InChI is InChI=1S/C15H22BrN3O3/c1-15(2,3)22-14(20)19-7-5-18(6-8-19)13-12(21-4)9-11(16)10-17-13/h9-10H,5-8H2,1-4H3. The first-order valence-electron chi connectivity index (χ1n) is 7.22. The average Bonchev–Trinajstić information content (AvgIpc) is 2.45. The van der Waals surface area contributed by atoms with E-state index in [9.17, 15) is 4.79 Å². The maximum Gasteiger partial charge on any atom is 0.410 e. The number of aromatic nitrogens is 1. The second-order valence-electron chi connectivity index (χ2n) is 6.13. The summed E-state index contributed by atoms with van der Waals surface area (Å²) in [5.74, 6) is 1.52. The molecule has 0 atom stereocenters. The summed E-state index contributed by atoms with van der Waals surface area (Å²) in [5.41, 5.74) is -0.468. The molecule has 0 saturated carbocycles. The van der Waals surface area contributed by atoms with Crippen LogP contribution in [-0.4, -0.2) is 54.9 Å². The number of anilines is 1. The van der Waals surface area contributed by atoms with Crippen LogP contribution < -0.4 is 9.64 Å². The molecule has 122 valence electrons. The van der Waals surface area contributed by atoms with Crippen molar-refractivity contribution in [2.75, 3.05) is 38.2 Å². The molecule has 1 saturated heterocycles. The lowest BCUT2D eigenvalue weighted by Gasteiger charge is -2.36. The highest BCUT2D eigenvalue weighted by molar-refractivity contribution is 9.10. The summed E-state index contributed by atoms with van der Waals surface area (Å²) >= 11 is 3.39. The third-order valence-corrected chi connectivity index (χ3v) is 3.68. The summed E-state index contributed by atoms with van der Waals surface area (Å²) in [6.07, 6.45) is 1.49. The molecule has 1 aromatic heterocycles. The van der Waals surface area contributed by atoms with E-state index in [4.69, 9.17) is 9.47 Å². The van der Waals surface area contributed by atoms with Crippen LogP contribution in [0.25, 0.3) is 0 Å². The molecule has 0 aliphatic carbocycles. The van der Waals surface area contributed by atoms with E-state index in [0.717, 1.165) is 16.0 Å². The molecule has 1 aliphatic heterocycles. The predicted molar refractivity (Wildman–Crippen MR) is 88.5 cm³/mol. The Hall–Kier alpha value is -1.50. The minimum Gasteiger partial charge on any atom is -0.493 e. The number of rotatable bonds is 2. The van der Waals surface area contributed by atoms with Crippen molar-refractivity contribution in [2.45, 2.75) is 26.4 Å². The predicted octanol–water partition coefficient (Wildman–Crippen LogP) is 2.91. The van der Waals surface area contributed by atoms with Gasteiger partial charge in [0.1, 0.15) is 5.60 Å². The van der Waals surface area contributed by atoms with E-state index in [1.165, 1.54) is 0 Å². The molecule has 1 aliphatic rings. The van der Waals surface area contributed by atoms with Gasteiger partial charge in [-0.05, 0) is 42.8 Å². The lowest BCUT2D eigenvalue weighted by molar-refractivity contribution is 0.0240. The second-order valence-corrected chi connectivity index (χ2v) is 7.05. The number of hydrogen-bond acceptors (Lipinski definition) is 5. The van der Waals surface area contributed by atoms with Crippen LogP contribution in [0.2, 0.25) is 0 Å². The number of carbonyl (C=O) groups excluding carboxylic acids is 1. The first-order valence-corrected chi connectivity index (χ1v) is 8.02. The Morgan fingerprint density at radius 3 is 2.45 bits per heavy atom. The molecule has 22 heavy (non-hydrogen) atoms. The van der Waals surface area contributed by atoms with Gasteiger partial charge in [-0.2, -0.15) is 0 Å². The van der Waals surface area contributed by atoms with E-state index in [1.54, 1.807) is 18.2 Å². The number of methoxy groups -OCH3 is 1. The second kappa shape index (κ2) is 6.73. The van der Waals surface area contributed by atoms with Crippen LogP contribution in [0, 0.1) is 0 Å². The van der Waals surface area contributed by atoms with Gasteiger partial charge >= 0.3 is 6.09 Å². The van der Waals surface area contributed by atoms with Crippen molar-refractivity contribution in [3.8, 4) is 5.75 Å². The number of piperazine rings is 1. The fourth-order valence-electron chi connectivity index (χ4n) is 2.23. The van der Waals surface area contributed by atoms with Crippen LogP contribution in [0.1, 0.15) is 20.8 Å². The summed E-state index contributed by atoms with van der Waals surface area (Å²) in [5, 5.41) is 0. The van der Waals surface area contributed by atoms with Gasteiger partial charge in [0.25, 0.3) is 0 Å². The van der Waals surface area contributed by atoms with Crippen LogP contribution >= 0.6 is 15.9 Å². The molecule has 0 aromatic carbocycles. The molecule has 0 unspecified atom stereocenters. The first-order chi connectivity index (χ1) is 10.3. The quantitative estimate of drug-likeness (QED) is 0.799. The van der Waals surface area contributed by atoms with Gasteiger partial charge in [0.15, 0.2) is 11.6 Å². The van der Waals surface area contributed by atoms with E-state index >= 15 is 0 Å². The van der Waals surface area contributed by atoms with Gasteiger partial charge < -0.3 is 19.3 Å². The highest BCUT2D eigenvalue weighted by atomic mass is 79.9. The fourth-order valence-corrected chi connectivity index (χ4v) is 2.54. The van der Waals surface area contributed by atoms with Crippen molar-refractivity contribution in [3.05, 3.63) is 16.7 Å². The van der Waals surface area contributed by atoms with Crippen LogP contribution in [0.5, 0.6) is 5.75 Å². The molecule has 0 spiro atoms. The van der Waals surface area contributed by atoms with Crippen LogP contribution in [-0.2, 0) is 4.74 Å². The van der Waals surface area contributed by atoms with Crippen molar-refractivity contribution < 1.29 is 14.3 Å². The monoisotopic (exact) mass is 371 g/mol. The van der Waals surface area contributed by atoms with E-state index in [0.29, 0.717) is 26.2 Å². The normalized spacial score (nSPS) is 15.7. The van der Waals surface area contributed by atoms with Crippen LogP contribution in [0.4, 0.5) is 10.6 Å². The molecular formula is C15H22BrN3O3. The summed E-state index contributed by atoms with van der Waals surface area (Å²) in [4.78, 5) is 20.3. The average molecular weight is 372 g/mol. The molecule has 1 amide bonds. The third kappa shape index (κ3) is 4.25. The summed E-state index contributed by atoms with van der Waals surface area (Å²) in [6.45, 7) is 8.23. The van der Waals surface area contributed by atoms with Crippen molar-refractivity contribution in [1.82, 2.24) is 9.88 Å². The molecule has 6 nitrogen and oxygen atoms in total. The van der Waals surface area contributed by atoms with Gasteiger partial charge in [0.05, 0.1) is 7.11 Å². The smallest absolute Gasteiger partial charge is 0.410 e. The Labute approximate surface area is 139 Å². The Morgan fingerprint density at radius 1 is 1.27 bits per heavy atom. The van der Waals surface area contributed by atoms with Gasteiger partial charge in [-0.15, -0.1) is 0 Å². The first kappa shape index (κ1) is 16.9. The maximum atomic E-state index is 12.1. The summed E-state index contributed by atoms with van der Waals surface area (Å²) < 4.78 is 11.7. The Kier molecular flexibility index (Phi) is 5.16. The van der Waals surface area contributed by atoms with Gasteiger partial charge in [-0.1, -0.05) is 0 Å². The summed E-state index contributed by atoms with van der Waals surface area (Å²) in [6, 6.07) is 1.89. The van der Waals surface area contributed by atoms with Gasteiger partial charge in [-0.3, -0.25) is 0 Å². The zero-order valence-electron chi connectivity index (χ0n) is 13.4. The van der Waals surface area contributed by atoms with Crippen molar-refractivity contribution in [2.24, 2.45) is 0 Å². The molecule has 0 bridgehead atoms. The van der Waals surface area contributed by atoms with E-state index in [1.807, 2.05) is 26.8 Å². The number of hydrogen-bond donors (Lipinski definition) is 0. The molecule has 2 rings (SSSR count). The highest BCUT2D eigenvalue weighted by Gasteiger charge is 2.27. The molecule has 1 aromatic rings. The third-order valence-electron chi connectivity index (χ3n) is 3.25. The van der Waals surface area contributed by atoms with Crippen LogP contribution in [0.3, 0.4) is 0 Å². The van der Waals surface area contributed by atoms with Gasteiger partial charge in [0.2, 0.25) is 0 Å². The Morgan fingerprint density at radius 2 is 1.91 bits per heavy atom. The minimum absolute atomic E-state index is 0.261. The van der Waals surface area contributed by atoms with E-state index in [2.05, 4.69) is 25.8 Å². The van der Waals surface area contributed by atoms with Crippen molar-refractivity contribution >= 4 is 27.8 Å². The molecule has 0 radical (unpaired) electrons. The van der Waals surface area contributed by atoms with Crippen molar-refractivity contribution in [3.63, 3.8) is 0 Å². The minimum atomic E-state index is -0.468. The van der Waals surface area contributed by atoms with Crippen molar-refractivity contribution in [1.29, 1.82) is 0 Å². The SMILES string of the molecule is COc1cc(Br)cnc1N1CCN(C(=O)OC(C)(C)C)CC1. The molecule has 1 fully saturated rings. The number of carbonyl (C=O) groups is 1. The molecule has 2 heterocycles. The Bertz CT molecular complexity index is 537. The molecule has 7 heteroatoms.